The summed E-state index contributed by atoms with van der Waals surface area (Å²) in [6.45, 7) is 4.11. The van der Waals surface area contributed by atoms with Crippen molar-refractivity contribution in [1.29, 1.82) is 0 Å². The second-order valence-corrected chi connectivity index (χ2v) is 3.23. The first-order valence-corrected chi connectivity index (χ1v) is 4.66. The third-order valence-corrected chi connectivity index (χ3v) is 2.03. The third kappa shape index (κ3) is 2.88. The predicted molar refractivity (Wildman–Crippen MR) is 53.0 cm³/mol. The first-order chi connectivity index (χ1) is 6.63. The van der Waals surface area contributed by atoms with Crippen molar-refractivity contribution < 1.29 is 9.87 Å². The number of aryl methyl sites for hydroxylation is 1. The second kappa shape index (κ2) is 4.81. The van der Waals surface area contributed by atoms with Gasteiger partial charge in [0.15, 0.2) is 6.54 Å². The zero-order chi connectivity index (χ0) is 10.6. The molecule has 4 heteroatoms. The van der Waals surface area contributed by atoms with E-state index >= 15 is 0 Å². The summed E-state index contributed by atoms with van der Waals surface area (Å²) in [4.78, 5) is 15.0. The predicted octanol–water partition coefficient (Wildman–Crippen LogP) is 1.22. The molecule has 1 atom stereocenters. The first kappa shape index (κ1) is 10.8. The zero-order valence-corrected chi connectivity index (χ0v) is 8.47. The molecule has 1 aromatic heterocycles. The number of aromatic nitrogens is 1. The Kier molecular flexibility index (Phi) is 3.71. The molecule has 0 aliphatic carbocycles. The summed E-state index contributed by atoms with van der Waals surface area (Å²) in [6, 6.07) is 3.51. The highest BCUT2D eigenvalue weighted by molar-refractivity contribution is 5.17. The Morgan fingerprint density at radius 2 is 2.36 bits per heavy atom. The molecular weight excluding hydrogens is 180 g/mol. The highest BCUT2D eigenvalue weighted by atomic mass is 16.3. The summed E-state index contributed by atoms with van der Waals surface area (Å²) in [5.41, 5.74) is 1.59. The number of aliphatic hydroxyl groups is 1. The van der Waals surface area contributed by atoms with Crippen LogP contribution in [0, 0.1) is 11.8 Å². The average Bonchev–Trinajstić information content (AvgIpc) is 2.17. The minimum Gasteiger partial charge on any atom is -0.382 e. The summed E-state index contributed by atoms with van der Waals surface area (Å²) in [6.07, 6.45) is 0.906. The van der Waals surface area contributed by atoms with Gasteiger partial charge in [-0.2, -0.15) is 0 Å². The fourth-order valence-electron chi connectivity index (χ4n) is 1.20. The van der Waals surface area contributed by atoms with Crippen molar-refractivity contribution >= 4 is 0 Å². The SMILES string of the molecule is CC[N+](=O)CC(O)c1ccnc(C)c1. The van der Waals surface area contributed by atoms with Crippen molar-refractivity contribution in [3.63, 3.8) is 0 Å². The van der Waals surface area contributed by atoms with Gasteiger partial charge in [0.25, 0.3) is 0 Å². The molecule has 0 spiro atoms. The van der Waals surface area contributed by atoms with Crippen molar-refractivity contribution in [3.8, 4) is 0 Å². The van der Waals surface area contributed by atoms with E-state index in [1.54, 1.807) is 25.3 Å². The van der Waals surface area contributed by atoms with E-state index in [4.69, 9.17) is 0 Å². The van der Waals surface area contributed by atoms with Crippen molar-refractivity contribution in [2.24, 2.45) is 0 Å². The molecule has 0 saturated carbocycles. The molecule has 1 heterocycles. The fraction of sp³-hybridized carbons (Fsp3) is 0.500. The summed E-state index contributed by atoms with van der Waals surface area (Å²) in [7, 11) is 0. The van der Waals surface area contributed by atoms with Gasteiger partial charge < -0.3 is 5.11 Å². The Labute approximate surface area is 83.2 Å². The molecule has 0 bridgehead atoms. The van der Waals surface area contributed by atoms with E-state index in [0.717, 1.165) is 16.0 Å². The van der Waals surface area contributed by atoms with Gasteiger partial charge in [-0.15, -0.1) is 0 Å². The van der Waals surface area contributed by atoms with Gasteiger partial charge >= 0.3 is 0 Å². The Morgan fingerprint density at radius 3 is 2.93 bits per heavy atom. The number of hydrogen-bond acceptors (Lipinski definition) is 3. The molecule has 1 unspecified atom stereocenters. The van der Waals surface area contributed by atoms with Crippen LogP contribution in [0.15, 0.2) is 18.3 Å². The number of nitroso groups, excluding NO2 is 1. The largest absolute Gasteiger partial charge is 0.382 e. The van der Waals surface area contributed by atoms with Crippen LogP contribution in [0.4, 0.5) is 0 Å². The smallest absolute Gasteiger partial charge is 0.221 e. The first-order valence-electron chi connectivity index (χ1n) is 4.66. The van der Waals surface area contributed by atoms with Crippen LogP contribution in [0.1, 0.15) is 24.3 Å². The summed E-state index contributed by atoms with van der Waals surface area (Å²) in [5.74, 6) is 0. The van der Waals surface area contributed by atoms with E-state index in [9.17, 15) is 10.0 Å². The minimum absolute atomic E-state index is 0.111. The van der Waals surface area contributed by atoms with Crippen molar-refractivity contribution in [2.45, 2.75) is 20.0 Å². The summed E-state index contributed by atoms with van der Waals surface area (Å²) in [5, 5.41) is 9.68. The summed E-state index contributed by atoms with van der Waals surface area (Å²) < 4.78 is 0.834. The third-order valence-electron chi connectivity index (χ3n) is 2.03. The molecule has 1 N–H and O–H groups in total. The topological polar surface area (TPSA) is 53.2 Å². The molecule has 0 aromatic carbocycles. The van der Waals surface area contributed by atoms with E-state index < -0.39 is 6.10 Å². The number of hydrogen-bond donors (Lipinski definition) is 1. The molecule has 0 fully saturated rings. The van der Waals surface area contributed by atoms with E-state index in [2.05, 4.69) is 4.98 Å². The molecule has 76 valence electrons. The Balaban J connectivity index is 2.69. The molecule has 0 amide bonds. The standard InChI is InChI=1S/C10H15N2O2/c1-3-12(14)7-10(13)9-4-5-11-8(2)6-9/h4-6,10,13H,3,7H2,1-2H3/q+1. The number of pyridine rings is 1. The van der Waals surface area contributed by atoms with Crippen molar-refractivity contribution in [1.82, 2.24) is 4.98 Å². The number of aliphatic hydroxyl groups excluding tert-OH is 1. The molecule has 4 nitrogen and oxygen atoms in total. The maximum atomic E-state index is 11.0. The van der Waals surface area contributed by atoms with Gasteiger partial charge in [0, 0.05) is 21.6 Å². The van der Waals surface area contributed by atoms with E-state index in [0.29, 0.717) is 6.54 Å². The van der Waals surface area contributed by atoms with Crippen molar-refractivity contribution in [2.75, 3.05) is 13.1 Å². The fourth-order valence-corrected chi connectivity index (χ4v) is 1.20. The van der Waals surface area contributed by atoms with Gasteiger partial charge in [-0.1, -0.05) is 0 Å². The number of nitrogens with zero attached hydrogens (tertiary/aromatic N) is 2. The molecule has 14 heavy (non-hydrogen) atoms. The lowest BCUT2D eigenvalue weighted by atomic mass is 10.1. The van der Waals surface area contributed by atoms with Crippen molar-refractivity contribution in [3.05, 3.63) is 34.5 Å². The Bertz CT molecular complexity index is 326. The molecule has 1 aromatic rings. The summed E-state index contributed by atoms with van der Waals surface area (Å²) >= 11 is 0. The lowest BCUT2D eigenvalue weighted by Crippen LogP contribution is -2.16. The van der Waals surface area contributed by atoms with E-state index in [1.807, 2.05) is 6.92 Å². The lowest BCUT2D eigenvalue weighted by molar-refractivity contribution is -0.554. The van der Waals surface area contributed by atoms with Crippen LogP contribution in [-0.4, -0.2) is 27.9 Å². The van der Waals surface area contributed by atoms with Gasteiger partial charge in [-0.25, -0.2) is 0 Å². The van der Waals surface area contributed by atoms with E-state index in [1.165, 1.54) is 0 Å². The van der Waals surface area contributed by atoms with Gasteiger partial charge in [0.2, 0.25) is 6.54 Å². The van der Waals surface area contributed by atoms with Gasteiger partial charge in [-0.3, -0.25) is 4.98 Å². The van der Waals surface area contributed by atoms with Gasteiger partial charge in [0.05, 0.1) is 0 Å². The van der Waals surface area contributed by atoms with Gasteiger partial charge in [-0.05, 0) is 31.5 Å². The van der Waals surface area contributed by atoms with Crippen LogP contribution in [0.3, 0.4) is 0 Å². The average molecular weight is 195 g/mol. The second-order valence-electron chi connectivity index (χ2n) is 3.23. The number of likely N-dealkylation sites (N-methyl/N-ethyl adjacent to an activating group) is 1. The van der Waals surface area contributed by atoms with Crippen LogP contribution in [0.5, 0.6) is 0 Å². The van der Waals surface area contributed by atoms with Gasteiger partial charge in [0.1, 0.15) is 6.10 Å². The van der Waals surface area contributed by atoms with Crippen LogP contribution in [0.2, 0.25) is 0 Å². The molecule has 1 rings (SSSR count). The minimum atomic E-state index is -0.728. The normalized spacial score (nSPS) is 12.5. The van der Waals surface area contributed by atoms with E-state index in [-0.39, 0.29) is 6.54 Å². The highest BCUT2D eigenvalue weighted by Gasteiger charge is 2.16. The lowest BCUT2D eigenvalue weighted by Gasteiger charge is -2.05. The monoisotopic (exact) mass is 195 g/mol. The molecule has 0 radical (unpaired) electrons. The molecular formula is C10H15N2O2+. The maximum Gasteiger partial charge on any atom is 0.221 e. The Hall–Kier alpha value is -1.29. The zero-order valence-electron chi connectivity index (χ0n) is 8.47. The van der Waals surface area contributed by atoms with Crippen LogP contribution >= 0.6 is 0 Å². The Morgan fingerprint density at radius 1 is 1.64 bits per heavy atom. The highest BCUT2D eigenvalue weighted by Crippen LogP contribution is 2.12. The quantitative estimate of drug-likeness (QED) is 0.735. The van der Waals surface area contributed by atoms with Crippen LogP contribution < -0.4 is 0 Å². The maximum absolute atomic E-state index is 11.0. The van der Waals surface area contributed by atoms with Crippen LogP contribution in [0.25, 0.3) is 0 Å². The molecule has 0 saturated heterocycles. The molecule has 0 aliphatic rings. The van der Waals surface area contributed by atoms with Crippen LogP contribution in [-0.2, 0) is 0 Å². The molecule has 0 aliphatic heterocycles. The number of rotatable bonds is 4.